The monoisotopic (exact) mass is 492 g/mol. The van der Waals surface area contributed by atoms with Gasteiger partial charge in [-0.3, -0.25) is 14.2 Å². The number of hydrogen-bond acceptors (Lipinski definition) is 5. The summed E-state index contributed by atoms with van der Waals surface area (Å²) in [4.78, 5) is 31.6. The number of carbonyl (C=O) groups excluding carboxylic acids is 2. The van der Waals surface area contributed by atoms with Gasteiger partial charge < -0.3 is 15.0 Å². The number of amides is 2. The molecule has 35 heavy (non-hydrogen) atoms. The summed E-state index contributed by atoms with van der Waals surface area (Å²) in [6, 6.07) is 15.5. The Morgan fingerprint density at radius 1 is 1.11 bits per heavy atom. The van der Waals surface area contributed by atoms with Crippen molar-refractivity contribution in [1.82, 2.24) is 19.8 Å². The lowest BCUT2D eigenvalue weighted by Gasteiger charge is -2.21. The molecule has 0 saturated carbocycles. The smallest absolute Gasteiger partial charge is 0.260 e. The van der Waals surface area contributed by atoms with Crippen molar-refractivity contribution < 1.29 is 14.3 Å². The molecule has 2 aromatic carbocycles. The standard InChI is InChI=1S/C27H32N4O3S/c1-3-22(21-11-5-7-13-24(21)34-18-26(33)30-15-8-9-16-30)29-25(32)19-35-27-28-14-17-31(27)23-12-6-4-10-20(23)2/h4-7,10-14,17,22H,3,8-9,15-16,18-19H2,1-2H3,(H,29,32). The van der Waals surface area contributed by atoms with Crippen molar-refractivity contribution in [3.63, 3.8) is 0 Å². The minimum Gasteiger partial charge on any atom is -0.483 e. The first-order valence-electron chi connectivity index (χ1n) is 12.1. The van der Waals surface area contributed by atoms with Crippen LogP contribution in [0.15, 0.2) is 66.1 Å². The van der Waals surface area contributed by atoms with Crippen LogP contribution in [0.25, 0.3) is 5.69 Å². The predicted octanol–water partition coefficient (Wildman–Crippen LogP) is 4.54. The van der Waals surface area contributed by atoms with Gasteiger partial charge in [0.25, 0.3) is 5.91 Å². The summed E-state index contributed by atoms with van der Waals surface area (Å²) in [6.07, 6.45) is 6.46. The van der Waals surface area contributed by atoms with Crippen molar-refractivity contribution >= 4 is 23.6 Å². The van der Waals surface area contributed by atoms with Crippen LogP contribution in [0.1, 0.15) is 43.4 Å². The lowest BCUT2D eigenvalue weighted by molar-refractivity contribution is -0.132. The van der Waals surface area contributed by atoms with Crippen LogP contribution in [0, 0.1) is 6.92 Å². The molecule has 0 radical (unpaired) electrons. The first kappa shape index (κ1) is 24.9. The highest BCUT2D eigenvalue weighted by molar-refractivity contribution is 7.99. The maximum atomic E-state index is 12.9. The summed E-state index contributed by atoms with van der Waals surface area (Å²) in [6.45, 7) is 5.70. The number of aryl methyl sites for hydroxylation is 1. The maximum Gasteiger partial charge on any atom is 0.260 e. The normalized spacial score (nSPS) is 14.1. The summed E-state index contributed by atoms with van der Waals surface area (Å²) >= 11 is 1.40. The molecule has 1 N–H and O–H groups in total. The van der Waals surface area contributed by atoms with Gasteiger partial charge in [0, 0.05) is 31.0 Å². The molecule has 1 unspecified atom stereocenters. The average molecular weight is 493 g/mol. The molecule has 0 aliphatic carbocycles. The van der Waals surface area contributed by atoms with Crippen LogP contribution in [-0.4, -0.2) is 51.7 Å². The van der Waals surface area contributed by atoms with Gasteiger partial charge >= 0.3 is 0 Å². The highest BCUT2D eigenvalue weighted by atomic mass is 32.2. The van der Waals surface area contributed by atoms with E-state index in [-0.39, 0.29) is 30.2 Å². The summed E-state index contributed by atoms with van der Waals surface area (Å²) in [5.41, 5.74) is 3.07. The third-order valence-corrected chi connectivity index (χ3v) is 7.13. The summed E-state index contributed by atoms with van der Waals surface area (Å²) in [5, 5.41) is 3.90. The Hall–Kier alpha value is -3.26. The average Bonchev–Trinajstić information content (AvgIpc) is 3.58. The molecule has 8 heteroatoms. The van der Waals surface area contributed by atoms with Crippen molar-refractivity contribution in [2.24, 2.45) is 0 Å². The van der Waals surface area contributed by atoms with Gasteiger partial charge in [-0.25, -0.2) is 4.98 Å². The van der Waals surface area contributed by atoms with Crippen LogP contribution in [0.2, 0.25) is 0 Å². The van der Waals surface area contributed by atoms with Crippen LogP contribution in [-0.2, 0) is 9.59 Å². The van der Waals surface area contributed by atoms with Crippen molar-refractivity contribution in [2.75, 3.05) is 25.4 Å². The number of benzene rings is 2. The molecule has 1 atom stereocenters. The third kappa shape index (κ3) is 6.25. The number of aromatic nitrogens is 2. The topological polar surface area (TPSA) is 76.5 Å². The van der Waals surface area contributed by atoms with E-state index in [2.05, 4.69) is 23.3 Å². The van der Waals surface area contributed by atoms with Crippen molar-refractivity contribution in [1.29, 1.82) is 0 Å². The Bertz CT molecular complexity index is 1160. The van der Waals surface area contributed by atoms with E-state index in [4.69, 9.17) is 4.74 Å². The molecule has 1 aliphatic heterocycles. The Balaban J connectivity index is 1.37. The van der Waals surface area contributed by atoms with Crippen LogP contribution in [0.5, 0.6) is 5.75 Å². The van der Waals surface area contributed by atoms with E-state index >= 15 is 0 Å². The number of likely N-dealkylation sites (tertiary alicyclic amines) is 1. The lowest BCUT2D eigenvalue weighted by Crippen LogP contribution is -2.33. The molecule has 2 amide bonds. The maximum absolute atomic E-state index is 12.9. The molecule has 0 bridgehead atoms. The number of hydrogen-bond donors (Lipinski definition) is 1. The van der Waals surface area contributed by atoms with E-state index in [0.29, 0.717) is 12.2 Å². The molecule has 2 heterocycles. The highest BCUT2D eigenvalue weighted by Gasteiger charge is 2.21. The molecular weight excluding hydrogens is 460 g/mol. The van der Waals surface area contributed by atoms with Crippen LogP contribution in [0.4, 0.5) is 0 Å². The van der Waals surface area contributed by atoms with E-state index in [1.807, 2.05) is 65.1 Å². The molecular formula is C27H32N4O3S. The van der Waals surface area contributed by atoms with Crippen LogP contribution in [0.3, 0.4) is 0 Å². The first-order chi connectivity index (χ1) is 17.1. The van der Waals surface area contributed by atoms with Crippen LogP contribution >= 0.6 is 11.8 Å². The Labute approximate surface area is 210 Å². The number of ether oxygens (including phenoxy) is 1. The van der Waals surface area contributed by atoms with Gasteiger partial charge in [0.05, 0.1) is 17.5 Å². The second kappa shape index (κ2) is 11.9. The Kier molecular flexibility index (Phi) is 8.47. The minimum absolute atomic E-state index is 0.00921. The van der Waals surface area contributed by atoms with Crippen molar-refractivity contribution in [2.45, 2.75) is 44.3 Å². The molecule has 7 nitrogen and oxygen atoms in total. The van der Waals surface area contributed by atoms with Gasteiger partial charge in [-0.05, 0) is 43.9 Å². The number of carbonyl (C=O) groups is 2. The fourth-order valence-corrected chi connectivity index (χ4v) is 5.05. The number of rotatable bonds is 10. The number of thioether (sulfide) groups is 1. The lowest BCUT2D eigenvalue weighted by atomic mass is 10.0. The van der Waals surface area contributed by atoms with E-state index < -0.39 is 0 Å². The van der Waals surface area contributed by atoms with Gasteiger partial charge in [0.1, 0.15) is 5.75 Å². The largest absolute Gasteiger partial charge is 0.483 e. The number of nitrogens with one attached hydrogen (secondary N) is 1. The summed E-state index contributed by atoms with van der Waals surface area (Å²) < 4.78 is 7.91. The molecule has 1 aliphatic rings. The van der Waals surface area contributed by atoms with Crippen molar-refractivity contribution in [3.05, 3.63) is 72.1 Å². The molecule has 3 aromatic rings. The molecule has 184 valence electrons. The Morgan fingerprint density at radius 2 is 1.86 bits per heavy atom. The molecule has 1 saturated heterocycles. The minimum atomic E-state index is -0.211. The molecule has 1 aromatic heterocycles. The molecule has 1 fully saturated rings. The number of para-hydroxylation sites is 2. The van der Waals surface area contributed by atoms with Gasteiger partial charge in [-0.1, -0.05) is 55.1 Å². The van der Waals surface area contributed by atoms with Crippen LogP contribution < -0.4 is 10.1 Å². The van der Waals surface area contributed by atoms with E-state index in [9.17, 15) is 9.59 Å². The second-order valence-electron chi connectivity index (χ2n) is 8.60. The summed E-state index contributed by atoms with van der Waals surface area (Å²) in [7, 11) is 0. The zero-order valence-electron chi connectivity index (χ0n) is 20.3. The fraction of sp³-hybridized carbons (Fsp3) is 0.370. The quantitative estimate of drug-likeness (QED) is 0.421. The summed E-state index contributed by atoms with van der Waals surface area (Å²) in [5.74, 6) is 0.810. The van der Waals surface area contributed by atoms with E-state index in [1.54, 1.807) is 6.20 Å². The van der Waals surface area contributed by atoms with Crippen molar-refractivity contribution in [3.8, 4) is 11.4 Å². The van der Waals surface area contributed by atoms with Gasteiger partial charge in [0.15, 0.2) is 11.8 Å². The van der Waals surface area contributed by atoms with Gasteiger partial charge in [-0.2, -0.15) is 0 Å². The number of imidazole rings is 1. The zero-order chi connectivity index (χ0) is 24.6. The van der Waals surface area contributed by atoms with E-state index in [1.165, 1.54) is 11.8 Å². The van der Waals surface area contributed by atoms with Gasteiger partial charge in [0.2, 0.25) is 5.91 Å². The fourth-order valence-electron chi connectivity index (χ4n) is 4.28. The van der Waals surface area contributed by atoms with E-state index in [0.717, 1.165) is 47.9 Å². The zero-order valence-corrected chi connectivity index (χ0v) is 21.1. The Morgan fingerprint density at radius 3 is 2.63 bits per heavy atom. The molecule has 0 spiro atoms. The predicted molar refractivity (Wildman–Crippen MR) is 138 cm³/mol. The van der Waals surface area contributed by atoms with Gasteiger partial charge in [-0.15, -0.1) is 0 Å². The number of nitrogens with zero attached hydrogens (tertiary/aromatic N) is 3. The SMILES string of the molecule is CCC(NC(=O)CSc1nccn1-c1ccccc1C)c1ccccc1OCC(=O)N1CCCC1. The first-order valence-corrected chi connectivity index (χ1v) is 13.1. The highest BCUT2D eigenvalue weighted by Crippen LogP contribution is 2.28. The second-order valence-corrected chi connectivity index (χ2v) is 9.54. The molecule has 4 rings (SSSR count). The third-order valence-electron chi connectivity index (χ3n) is 6.16.